The predicted molar refractivity (Wildman–Crippen MR) is 60.4 cm³/mol. The molecule has 0 aromatic carbocycles. The van der Waals surface area contributed by atoms with Crippen LogP contribution in [0.5, 0.6) is 5.75 Å². The molecule has 0 saturated carbocycles. The van der Waals surface area contributed by atoms with Crippen LogP contribution < -0.4 is 4.74 Å². The van der Waals surface area contributed by atoms with Gasteiger partial charge in [0.25, 0.3) is 0 Å². The first-order valence-electron chi connectivity index (χ1n) is 5.71. The lowest BCUT2D eigenvalue weighted by atomic mass is 10.3. The Hall–Kier alpha value is -1.13. The third-order valence-electron chi connectivity index (χ3n) is 2.56. The van der Waals surface area contributed by atoms with Gasteiger partial charge in [-0.2, -0.15) is 0 Å². The van der Waals surface area contributed by atoms with E-state index in [9.17, 15) is 0 Å². The minimum atomic E-state index is 0.722. The fraction of sp³-hybridized carbons (Fsp3) is 0.583. The standard InChI is InChI=1S/C12H17N2O2/c1-3-12(11-13-4-1)16-8-2-5-14-6-9-15-10-7-14/h1,3-4H,2,5-10H2. The normalized spacial score (nSPS) is 17.2. The number of nitrogens with zero attached hydrogens (tertiary/aromatic N) is 2. The van der Waals surface area contributed by atoms with Crippen molar-refractivity contribution in [1.29, 1.82) is 0 Å². The number of hydrogen-bond donors (Lipinski definition) is 0. The third kappa shape index (κ3) is 3.79. The summed E-state index contributed by atoms with van der Waals surface area (Å²) in [5.41, 5.74) is 0. The Morgan fingerprint density at radius 2 is 2.31 bits per heavy atom. The Morgan fingerprint density at radius 1 is 1.44 bits per heavy atom. The Kier molecular flexibility index (Phi) is 4.58. The number of morpholine rings is 1. The van der Waals surface area contributed by atoms with E-state index in [1.54, 1.807) is 6.20 Å². The largest absolute Gasteiger partial charge is 0.491 e. The first-order valence-corrected chi connectivity index (χ1v) is 5.71. The highest BCUT2D eigenvalue weighted by Gasteiger charge is 2.09. The maximum absolute atomic E-state index is 5.52. The number of pyridine rings is 1. The van der Waals surface area contributed by atoms with Crippen LogP contribution in [0.15, 0.2) is 18.3 Å². The molecule has 1 saturated heterocycles. The monoisotopic (exact) mass is 221 g/mol. The summed E-state index contributed by atoms with van der Waals surface area (Å²) in [4.78, 5) is 6.28. The highest BCUT2D eigenvalue weighted by Crippen LogP contribution is 2.06. The molecule has 1 fully saturated rings. The van der Waals surface area contributed by atoms with Crippen molar-refractivity contribution in [2.45, 2.75) is 6.42 Å². The van der Waals surface area contributed by atoms with Crippen LogP contribution in [0.4, 0.5) is 0 Å². The molecule has 1 aliphatic heterocycles. The van der Waals surface area contributed by atoms with E-state index >= 15 is 0 Å². The van der Waals surface area contributed by atoms with Gasteiger partial charge in [0.05, 0.1) is 19.8 Å². The van der Waals surface area contributed by atoms with Gasteiger partial charge in [0.2, 0.25) is 0 Å². The van der Waals surface area contributed by atoms with Crippen molar-refractivity contribution >= 4 is 0 Å². The van der Waals surface area contributed by atoms with E-state index in [2.05, 4.69) is 16.1 Å². The fourth-order valence-electron chi connectivity index (χ4n) is 1.69. The minimum absolute atomic E-state index is 0.722. The van der Waals surface area contributed by atoms with Crippen LogP contribution in [0, 0.1) is 6.20 Å². The van der Waals surface area contributed by atoms with Crippen LogP contribution in [0.1, 0.15) is 6.42 Å². The maximum atomic E-state index is 5.52. The van der Waals surface area contributed by atoms with Gasteiger partial charge in [0.1, 0.15) is 11.9 Å². The lowest BCUT2D eigenvalue weighted by Gasteiger charge is -2.26. The van der Waals surface area contributed by atoms with Crippen LogP contribution in [0.25, 0.3) is 0 Å². The Labute approximate surface area is 96.2 Å². The zero-order valence-corrected chi connectivity index (χ0v) is 9.39. The molecule has 1 aliphatic rings. The molecular formula is C12H17N2O2. The molecule has 0 aliphatic carbocycles. The first kappa shape index (κ1) is 11.4. The summed E-state index contributed by atoms with van der Waals surface area (Å²) in [7, 11) is 0. The first-order chi connectivity index (χ1) is 7.95. The van der Waals surface area contributed by atoms with E-state index in [0.717, 1.165) is 51.6 Å². The van der Waals surface area contributed by atoms with E-state index in [0.29, 0.717) is 0 Å². The molecule has 0 spiro atoms. The van der Waals surface area contributed by atoms with Gasteiger partial charge in [-0.1, -0.05) is 0 Å². The van der Waals surface area contributed by atoms with Crippen molar-refractivity contribution in [3.63, 3.8) is 0 Å². The van der Waals surface area contributed by atoms with Crippen molar-refractivity contribution in [2.75, 3.05) is 39.5 Å². The van der Waals surface area contributed by atoms with Gasteiger partial charge in [-0.3, -0.25) is 9.88 Å². The van der Waals surface area contributed by atoms with Crippen LogP contribution in [-0.4, -0.2) is 49.3 Å². The average Bonchev–Trinajstić information content (AvgIpc) is 2.37. The maximum Gasteiger partial charge on any atom is 0.147 e. The van der Waals surface area contributed by atoms with E-state index < -0.39 is 0 Å². The molecule has 2 rings (SSSR count). The van der Waals surface area contributed by atoms with Gasteiger partial charge in [-0.15, -0.1) is 0 Å². The van der Waals surface area contributed by atoms with Crippen molar-refractivity contribution in [1.82, 2.24) is 9.88 Å². The van der Waals surface area contributed by atoms with Gasteiger partial charge in [0.15, 0.2) is 0 Å². The molecule has 0 bridgehead atoms. The topological polar surface area (TPSA) is 34.6 Å². The average molecular weight is 221 g/mol. The Bertz CT molecular complexity index is 286. The van der Waals surface area contributed by atoms with Crippen molar-refractivity contribution in [3.05, 3.63) is 24.5 Å². The van der Waals surface area contributed by atoms with Gasteiger partial charge < -0.3 is 9.47 Å². The molecular weight excluding hydrogens is 204 g/mol. The SMILES string of the molecule is [c]1ncccc1OCCCN1CCOCC1. The quantitative estimate of drug-likeness (QED) is 0.694. The molecule has 2 heterocycles. The molecule has 0 atom stereocenters. The molecule has 0 unspecified atom stereocenters. The highest BCUT2D eigenvalue weighted by atomic mass is 16.5. The number of hydrogen-bond acceptors (Lipinski definition) is 4. The summed E-state index contributed by atoms with van der Waals surface area (Å²) in [6.07, 6.45) is 5.53. The second kappa shape index (κ2) is 6.45. The molecule has 0 amide bonds. The van der Waals surface area contributed by atoms with Crippen molar-refractivity contribution in [2.24, 2.45) is 0 Å². The molecule has 4 nitrogen and oxygen atoms in total. The van der Waals surface area contributed by atoms with E-state index in [1.807, 2.05) is 12.1 Å². The molecule has 1 aromatic heterocycles. The lowest BCUT2D eigenvalue weighted by Crippen LogP contribution is -2.37. The van der Waals surface area contributed by atoms with Gasteiger partial charge in [-0.25, -0.2) is 0 Å². The Morgan fingerprint density at radius 3 is 3.06 bits per heavy atom. The molecule has 1 radical (unpaired) electrons. The third-order valence-corrected chi connectivity index (χ3v) is 2.56. The summed E-state index contributed by atoms with van der Waals surface area (Å²) >= 11 is 0. The van der Waals surface area contributed by atoms with Crippen LogP contribution in [0.3, 0.4) is 0 Å². The van der Waals surface area contributed by atoms with E-state index in [-0.39, 0.29) is 0 Å². The summed E-state index contributed by atoms with van der Waals surface area (Å²) in [5, 5.41) is 0. The minimum Gasteiger partial charge on any atom is -0.491 e. The van der Waals surface area contributed by atoms with E-state index in [4.69, 9.17) is 9.47 Å². The van der Waals surface area contributed by atoms with E-state index in [1.165, 1.54) is 0 Å². The predicted octanol–water partition coefficient (Wildman–Crippen LogP) is 0.983. The van der Waals surface area contributed by atoms with Gasteiger partial charge in [-0.05, 0) is 18.6 Å². The zero-order chi connectivity index (χ0) is 11.1. The molecule has 4 heteroatoms. The molecule has 87 valence electrons. The van der Waals surface area contributed by atoms with Crippen LogP contribution >= 0.6 is 0 Å². The molecule has 1 aromatic rings. The second-order valence-electron chi connectivity index (χ2n) is 3.77. The smallest absolute Gasteiger partial charge is 0.147 e. The summed E-state index contributed by atoms with van der Waals surface area (Å²) in [5.74, 6) is 0.726. The number of rotatable bonds is 5. The second-order valence-corrected chi connectivity index (χ2v) is 3.77. The summed E-state index contributed by atoms with van der Waals surface area (Å²) in [6.45, 7) is 5.59. The zero-order valence-electron chi connectivity index (χ0n) is 9.39. The molecule has 0 N–H and O–H groups in total. The fourth-order valence-corrected chi connectivity index (χ4v) is 1.69. The van der Waals surface area contributed by atoms with Crippen molar-refractivity contribution < 1.29 is 9.47 Å². The molecule has 16 heavy (non-hydrogen) atoms. The van der Waals surface area contributed by atoms with Gasteiger partial charge in [0, 0.05) is 25.8 Å². The Balaban J connectivity index is 1.58. The number of aromatic nitrogens is 1. The number of ether oxygens (including phenoxy) is 2. The van der Waals surface area contributed by atoms with Gasteiger partial charge >= 0.3 is 0 Å². The highest BCUT2D eigenvalue weighted by molar-refractivity contribution is 5.13. The lowest BCUT2D eigenvalue weighted by molar-refractivity contribution is 0.0358. The summed E-state index contributed by atoms with van der Waals surface area (Å²) < 4.78 is 10.8. The van der Waals surface area contributed by atoms with Crippen LogP contribution in [0.2, 0.25) is 0 Å². The van der Waals surface area contributed by atoms with Crippen molar-refractivity contribution in [3.8, 4) is 5.75 Å². The van der Waals surface area contributed by atoms with Crippen LogP contribution in [-0.2, 0) is 4.74 Å². The summed E-state index contributed by atoms with van der Waals surface area (Å²) in [6, 6.07) is 3.73.